The summed E-state index contributed by atoms with van der Waals surface area (Å²) >= 11 is 6.07. The number of carboxylic acid groups (broad SMARTS) is 1. The number of aliphatic carboxylic acids is 1. The lowest BCUT2D eigenvalue weighted by atomic mass is 10.1. The molecule has 4 rings (SSSR count). The van der Waals surface area contributed by atoms with Crippen LogP contribution in [0.15, 0.2) is 78.9 Å². The Balaban J connectivity index is 1.40. The van der Waals surface area contributed by atoms with E-state index >= 15 is 0 Å². The van der Waals surface area contributed by atoms with Crippen molar-refractivity contribution in [2.75, 3.05) is 0 Å². The van der Waals surface area contributed by atoms with E-state index < -0.39 is 12.1 Å². The third-order valence-corrected chi connectivity index (χ3v) is 5.26. The Morgan fingerprint density at radius 3 is 2.58 bits per heavy atom. The lowest BCUT2D eigenvalue weighted by Gasteiger charge is -2.15. The van der Waals surface area contributed by atoms with Crippen LogP contribution in [0.5, 0.6) is 11.5 Å². The number of carbonyl (C=O) groups is 1. The molecule has 0 aliphatic carbocycles. The predicted molar refractivity (Wildman–Crippen MR) is 131 cm³/mol. The highest BCUT2D eigenvalue weighted by Gasteiger charge is 2.14. The second kappa shape index (κ2) is 10.2. The Morgan fingerprint density at radius 2 is 1.79 bits per heavy atom. The van der Waals surface area contributed by atoms with E-state index in [1.807, 2.05) is 78.9 Å². The monoisotopic (exact) mass is 459 g/mol. The first-order chi connectivity index (χ1) is 16.0. The minimum absolute atomic E-state index is 0.265. The molecule has 33 heavy (non-hydrogen) atoms. The average Bonchev–Trinajstić information content (AvgIpc) is 2.82. The van der Waals surface area contributed by atoms with Gasteiger partial charge in [-0.2, -0.15) is 0 Å². The van der Waals surface area contributed by atoms with Gasteiger partial charge in [-0.15, -0.1) is 0 Å². The van der Waals surface area contributed by atoms with Crippen molar-refractivity contribution in [1.29, 1.82) is 0 Å². The molecule has 3 aromatic carbocycles. The molecule has 0 amide bonds. The van der Waals surface area contributed by atoms with Gasteiger partial charge in [0.05, 0.1) is 11.2 Å². The molecular weight excluding hydrogens is 438 g/mol. The fourth-order valence-electron chi connectivity index (χ4n) is 3.20. The van der Waals surface area contributed by atoms with Gasteiger partial charge in [0.1, 0.15) is 18.1 Å². The lowest BCUT2D eigenvalue weighted by Crippen LogP contribution is -2.23. The van der Waals surface area contributed by atoms with Crippen molar-refractivity contribution in [2.24, 2.45) is 0 Å². The molecule has 1 aromatic heterocycles. The predicted octanol–water partition coefficient (Wildman–Crippen LogP) is 6.49. The highest BCUT2D eigenvalue weighted by Crippen LogP contribution is 2.23. The van der Waals surface area contributed by atoms with Crippen LogP contribution < -0.4 is 9.47 Å². The van der Waals surface area contributed by atoms with Crippen LogP contribution in [-0.4, -0.2) is 22.2 Å². The van der Waals surface area contributed by atoms with Crippen LogP contribution in [0.1, 0.15) is 23.7 Å². The topological polar surface area (TPSA) is 68.7 Å². The van der Waals surface area contributed by atoms with Crippen molar-refractivity contribution >= 4 is 40.6 Å². The molecule has 0 aliphatic rings. The van der Waals surface area contributed by atoms with E-state index in [1.54, 1.807) is 12.1 Å². The van der Waals surface area contributed by atoms with E-state index in [4.69, 9.17) is 26.2 Å². The molecule has 0 radical (unpaired) electrons. The highest BCUT2D eigenvalue weighted by atomic mass is 35.5. The fraction of sp³-hybridized carbons (Fsp3) is 0.111. The zero-order chi connectivity index (χ0) is 23.2. The Hall–Kier alpha value is -3.83. The maximum Gasteiger partial charge on any atom is 0.344 e. The van der Waals surface area contributed by atoms with Crippen LogP contribution >= 0.6 is 11.6 Å². The molecular formula is C27H22ClNO4. The number of halogens is 1. The Morgan fingerprint density at radius 1 is 1.03 bits per heavy atom. The van der Waals surface area contributed by atoms with Gasteiger partial charge in [-0.05, 0) is 55.0 Å². The summed E-state index contributed by atoms with van der Waals surface area (Å²) in [5.41, 5.74) is 3.49. The third kappa shape index (κ3) is 5.90. The van der Waals surface area contributed by atoms with Crippen LogP contribution in [0, 0.1) is 0 Å². The van der Waals surface area contributed by atoms with Gasteiger partial charge in [-0.3, -0.25) is 0 Å². The maximum atomic E-state index is 11.1. The molecule has 5 nitrogen and oxygen atoms in total. The number of hydrogen-bond acceptors (Lipinski definition) is 4. The van der Waals surface area contributed by atoms with Gasteiger partial charge in [-0.25, -0.2) is 9.78 Å². The molecule has 0 fully saturated rings. The number of carboxylic acids is 1. The van der Waals surface area contributed by atoms with Crippen LogP contribution in [0.3, 0.4) is 0 Å². The number of benzene rings is 3. The first-order valence-corrected chi connectivity index (χ1v) is 10.8. The Labute approximate surface area is 196 Å². The van der Waals surface area contributed by atoms with Gasteiger partial charge in [0, 0.05) is 16.0 Å². The van der Waals surface area contributed by atoms with Gasteiger partial charge >= 0.3 is 5.97 Å². The molecule has 6 heteroatoms. The highest BCUT2D eigenvalue weighted by molar-refractivity contribution is 6.31. The molecule has 0 spiro atoms. The summed E-state index contributed by atoms with van der Waals surface area (Å²) in [4.78, 5) is 15.7. The number of hydrogen-bond donors (Lipinski definition) is 1. The summed E-state index contributed by atoms with van der Waals surface area (Å²) in [7, 11) is 0. The van der Waals surface area contributed by atoms with E-state index in [0.717, 1.165) is 27.7 Å². The van der Waals surface area contributed by atoms with E-state index in [-0.39, 0.29) is 6.61 Å². The smallest absolute Gasteiger partial charge is 0.344 e. The summed E-state index contributed by atoms with van der Waals surface area (Å²) in [6.07, 6.45) is 3.00. The van der Waals surface area contributed by atoms with Gasteiger partial charge in [0.25, 0.3) is 0 Å². The van der Waals surface area contributed by atoms with E-state index in [1.165, 1.54) is 6.92 Å². The van der Waals surface area contributed by atoms with Crippen molar-refractivity contribution in [3.63, 3.8) is 0 Å². The molecule has 0 bridgehead atoms. The van der Waals surface area contributed by atoms with Gasteiger partial charge in [-0.1, -0.05) is 60.1 Å². The van der Waals surface area contributed by atoms with Gasteiger partial charge in [0.2, 0.25) is 0 Å². The van der Waals surface area contributed by atoms with Crippen molar-refractivity contribution in [2.45, 2.75) is 19.6 Å². The molecule has 4 aromatic rings. The first kappa shape index (κ1) is 22.4. The van der Waals surface area contributed by atoms with Crippen LogP contribution in [0.4, 0.5) is 0 Å². The number of para-hydroxylation sites is 1. The van der Waals surface area contributed by atoms with Crippen molar-refractivity contribution < 1.29 is 19.4 Å². The maximum absolute atomic E-state index is 11.1. The van der Waals surface area contributed by atoms with Crippen molar-refractivity contribution in [1.82, 2.24) is 4.98 Å². The minimum atomic E-state index is -1.02. The van der Waals surface area contributed by atoms with Gasteiger partial charge < -0.3 is 14.6 Å². The molecule has 166 valence electrons. The van der Waals surface area contributed by atoms with Crippen molar-refractivity contribution in [3.8, 4) is 11.5 Å². The number of pyridine rings is 1. The molecule has 1 atom stereocenters. The van der Waals surface area contributed by atoms with Crippen LogP contribution in [0.25, 0.3) is 23.1 Å². The van der Waals surface area contributed by atoms with Crippen LogP contribution in [-0.2, 0) is 11.4 Å². The molecule has 1 heterocycles. The second-order valence-electron chi connectivity index (χ2n) is 7.47. The lowest BCUT2D eigenvalue weighted by molar-refractivity contribution is -0.144. The number of nitrogens with zero attached hydrogens (tertiary/aromatic N) is 1. The van der Waals surface area contributed by atoms with E-state index in [2.05, 4.69) is 4.98 Å². The molecule has 0 aliphatic heterocycles. The fourth-order valence-corrected chi connectivity index (χ4v) is 3.36. The number of rotatable bonds is 8. The zero-order valence-electron chi connectivity index (χ0n) is 17.9. The number of aromatic nitrogens is 1. The second-order valence-corrected chi connectivity index (χ2v) is 7.91. The number of ether oxygens (including phenoxy) is 2. The summed E-state index contributed by atoms with van der Waals surface area (Å²) in [5.74, 6) is 0.180. The van der Waals surface area contributed by atoms with E-state index in [0.29, 0.717) is 16.5 Å². The average molecular weight is 460 g/mol. The molecule has 0 saturated heterocycles. The van der Waals surface area contributed by atoms with Gasteiger partial charge in [0.15, 0.2) is 6.10 Å². The molecule has 1 unspecified atom stereocenters. The minimum Gasteiger partial charge on any atom is -0.489 e. The summed E-state index contributed by atoms with van der Waals surface area (Å²) in [6.45, 7) is 1.76. The Bertz CT molecular complexity index is 1300. The van der Waals surface area contributed by atoms with Crippen molar-refractivity contribution in [3.05, 3.63) is 101 Å². The standard InChI is InChI=1S/C27H22ClNO4/c1-18(27(30)31)33-26-5-3-2-4-21(26)17-32-24-14-7-19(8-15-24)6-12-23-13-10-20-9-11-22(28)16-25(20)29-23/h2-16,18H,17H2,1H3,(H,30,31). The molecule has 0 saturated carbocycles. The SMILES string of the molecule is CC(Oc1ccccc1COc1ccc(C=Cc2ccc3ccc(Cl)cc3n2)cc1)C(=O)O. The largest absolute Gasteiger partial charge is 0.489 e. The summed E-state index contributed by atoms with van der Waals surface area (Å²) < 4.78 is 11.4. The normalized spacial score (nSPS) is 12.1. The van der Waals surface area contributed by atoms with E-state index in [9.17, 15) is 4.79 Å². The van der Waals surface area contributed by atoms with Crippen LogP contribution in [0.2, 0.25) is 5.02 Å². The first-order valence-electron chi connectivity index (χ1n) is 10.4. The quantitative estimate of drug-likeness (QED) is 0.326. The summed E-state index contributed by atoms with van der Waals surface area (Å²) in [6, 6.07) is 24.6. The third-order valence-electron chi connectivity index (χ3n) is 5.02. The Kier molecular flexibility index (Phi) is 6.91. The number of fused-ring (bicyclic) bond motifs is 1. The zero-order valence-corrected chi connectivity index (χ0v) is 18.7. The molecule has 1 N–H and O–H groups in total. The summed E-state index contributed by atoms with van der Waals surface area (Å²) in [5, 5.41) is 10.8.